The van der Waals surface area contributed by atoms with Gasteiger partial charge in [-0.1, -0.05) is 24.3 Å². The monoisotopic (exact) mass is 323 g/mol. The van der Waals surface area contributed by atoms with Crippen LogP contribution in [-0.2, 0) is 0 Å². The first kappa shape index (κ1) is 16.5. The van der Waals surface area contributed by atoms with E-state index in [2.05, 4.69) is 0 Å². The highest BCUT2D eigenvalue weighted by molar-refractivity contribution is 6.14. The van der Waals surface area contributed by atoms with Gasteiger partial charge in [-0.25, -0.2) is 0 Å². The van der Waals surface area contributed by atoms with Crippen molar-refractivity contribution in [1.29, 1.82) is 5.26 Å². The van der Waals surface area contributed by atoms with Crippen LogP contribution in [0.2, 0.25) is 0 Å². The lowest BCUT2D eigenvalue weighted by atomic mass is 10.0. The summed E-state index contributed by atoms with van der Waals surface area (Å²) in [5.74, 6) is -0.701. The Bertz CT molecular complexity index is 912. The average Bonchev–Trinajstić information content (AvgIpc) is 2.59. The van der Waals surface area contributed by atoms with E-state index in [1.807, 2.05) is 0 Å². The van der Waals surface area contributed by atoms with Crippen molar-refractivity contribution in [2.75, 3.05) is 0 Å². The Labute approximate surface area is 135 Å². The standard InChI is InChI=1S/C16H9N3O5/c17-10-13(7-11-3-1-5-14(8-11)18(21)22)16(20)12-4-2-6-15(9-12)19(23)24/h1-9H/b13-7+. The fourth-order valence-corrected chi connectivity index (χ4v) is 1.96. The summed E-state index contributed by atoms with van der Waals surface area (Å²) in [5.41, 5.74) is -0.435. The van der Waals surface area contributed by atoms with Gasteiger partial charge < -0.3 is 0 Å². The molecule has 0 aliphatic carbocycles. The maximum Gasteiger partial charge on any atom is 0.270 e. The van der Waals surface area contributed by atoms with E-state index < -0.39 is 15.6 Å². The van der Waals surface area contributed by atoms with Crippen molar-refractivity contribution in [3.63, 3.8) is 0 Å². The third-order valence-electron chi connectivity index (χ3n) is 3.08. The van der Waals surface area contributed by atoms with Crippen molar-refractivity contribution < 1.29 is 14.6 Å². The molecule has 0 heterocycles. The van der Waals surface area contributed by atoms with Gasteiger partial charge in [0.05, 0.1) is 9.85 Å². The van der Waals surface area contributed by atoms with Gasteiger partial charge in [-0.3, -0.25) is 25.0 Å². The second kappa shape index (κ2) is 6.93. The SMILES string of the molecule is N#C/C(=C\c1cccc([N+](=O)[O-])c1)C(=O)c1cccc([N+](=O)[O-])c1. The minimum absolute atomic E-state index is 0.0116. The summed E-state index contributed by atoms with van der Waals surface area (Å²) in [5, 5.41) is 30.7. The Morgan fingerprint density at radius 1 is 1.00 bits per heavy atom. The first-order chi connectivity index (χ1) is 11.4. The highest BCUT2D eigenvalue weighted by Crippen LogP contribution is 2.19. The highest BCUT2D eigenvalue weighted by atomic mass is 16.6. The molecule has 0 saturated carbocycles. The van der Waals surface area contributed by atoms with Gasteiger partial charge in [-0.05, 0) is 11.6 Å². The van der Waals surface area contributed by atoms with Crippen molar-refractivity contribution in [3.05, 3.63) is 85.5 Å². The molecule has 118 valence electrons. The summed E-state index contributed by atoms with van der Waals surface area (Å²) < 4.78 is 0. The van der Waals surface area contributed by atoms with Gasteiger partial charge in [0.1, 0.15) is 11.6 Å². The van der Waals surface area contributed by atoms with E-state index in [1.54, 1.807) is 6.07 Å². The van der Waals surface area contributed by atoms with Gasteiger partial charge in [0, 0.05) is 29.8 Å². The van der Waals surface area contributed by atoms with E-state index in [1.165, 1.54) is 48.5 Å². The number of hydrogen-bond donors (Lipinski definition) is 0. The summed E-state index contributed by atoms with van der Waals surface area (Å²) in [6.45, 7) is 0. The summed E-state index contributed by atoms with van der Waals surface area (Å²) in [7, 11) is 0. The number of nitrogens with zero attached hydrogens (tertiary/aromatic N) is 3. The average molecular weight is 323 g/mol. The first-order valence-electron chi connectivity index (χ1n) is 6.58. The van der Waals surface area contributed by atoms with Gasteiger partial charge in [0.2, 0.25) is 5.78 Å². The van der Waals surface area contributed by atoms with Crippen molar-refractivity contribution >= 4 is 23.2 Å². The third kappa shape index (κ3) is 3.66. The number of carbonyl (C=O) groups is 1. The first-order valence-corrected chi connectivity index (χ1v) is 6.58. The Kier molecular flexibility index (Phi) is 4.77. The van der Waals surface area contributed by atoms with Crippen molar-refractivity contribution in [2.45, 2.75) is 0 Å². The second-order valence-electron chi connectivity index (χ2n) is 4.66. The zero-order valence-electron chi connectivity index (χ0n) is 12.1. The molecule has 24 heavy (non-hydrogen) atoms. The zero-order valence-corrected chi connectivity index (χ0v) is 12.1. The normalized spacial score (nSPS) is 10.7. The minimum Gasteiger partial charge on any atom is -0.288 e. The van der Waals surface area contributed by atoms with Crippen molar-refractivity contribution in [1.82, 2.24) is 0 Å². The molecule has 2 rings (SSSR count). The molecule has 0 N–H and O–H groups in total. The van der Waals surface area contributed by atoms with Crippen LogP contribution in [0.25, 0.3) is 6.08 Å². The van der Waals surface area contributed by atoms with Crippen LogP contribution in [-0.4, -0.2) is 15.6 Å². The number of Topliss-reactive ketones (excluding diaryl/α,β-unsaturated/α-hetero) is 1. The molecule has 0 amide bonds. The van der Waals surface area contributed by atoms with Crippen LogP contribution in [0.1, 0.15) is 15.9 Å². The maximum absolute atomic E-state index is 12.3. The maximum atomic E-state index is 12.3. The number of non-ortho nitro benzene ring substituents is 2. The number of nitro groups is 2. The minimum atomic E-state index is -0.701. The Morgan fingerprint density at radius 2 is 1.58 bits per heavy atom. The fourth-order valence-electron chi connectivity index (χ4n) is 1.96. The Morgan fingerprint density at radius 3 is 2.17 bits per heavy atom. The number of ketones is 1. The number of carbonyl (C=O) groups excluding carboxylic acids is 1. The van der Waals surface area contributed by atoms with Gasteiger partial charge in [-0.2, -0.15) is 5.26 Å². The third-order valence-corrected chi connectivity index (χ3v) is 3.08. The summed E-state index contributed by atoms with van der Waals surface area (Å²) in [4.78, 5) is 32.6. The molecule has 0 radical (unpaired) electrons. The molecule has 0 fully saturated rings. The molecule has 0 unspecified atom stereocenters. The van der Waals surface area contributed by atoms with E-state index in [4.69, 9.17) is 5.26 Å². The molecular weight excluding hydrogens is 314 g/mol. The van der Waals surface area contributed by atoms with Crippen LogP contribution in [0.5, 0.6) is 0 Å². The molecule has 0 aromatic heterocycles. The number of hydrogen-bond acceptors (Lipinski definition) is 6. The molecule has 0 saturated heterocycles. The lowest BCUT2D eigenvalue weighted by Gasteiger charge is -2.00. The van der Waals surface area contributed by atoms with E-state index in [0.717, 1.165) is 6.07 Å². The summed E-state index contributed by atoms with van der Waals surface area (Å²) in [6.07, 6.45) is 1.20. The van der Waals surface area contributed by atoms with Crippen molar-refractivity contribution in [2.24, 2.45) is 0 Å². The highest BCUT2D eigenvalue weighted by Gasteiger charge is 2.16. The van der Waals surface area contributed by atoms with Crippen LogP contribution in [0.3, 0.4) is 0 Å². The number of nitro benzene ring substituents is 2. The summed E-state index contributed by atoms with van der Waals surface area (Å²) in [6, 6.07) is 12.2. The molecule has 8 nitrogen and oxygen atoms in total. The molecule has 0 atom stereocenters. The molecule has 0 aliphatic rings. The molecule has 2 aromatic carbocycles. The molecule has 0 bridgehead atoms. The van der Waals surface area contributed by atoms with Gasteiger partial charge in [-0.15, -0.1) is 0 Å². The van der Waals surface area contributed by atoms with Crippen LogP contribution in [0.4, 0.5) is 11.4 Å². The largest absolute Gasteiger partial charge is 0.288 e. The van der Waals surface area contributed by atoms with Gasteiger partial charge >= 0.3 is 0 Å². The Hall–Kier alpha value is -3.86. The van der Waals surface area contributed by atoms with Crippen LogP contribution < -0.4 is 0 Å². The molecule has 2 aromatic rings. The van der Waals surface area contributed by atoms with E-state index in [0.29, 0.717) is 5.56 Å². The predicted octanol–water partition coefficient (Wildman–Crippen LogP) is 3.29. The van der Waals surface area contributed by atoms with E-state index >= 15 is 0 Å². The molecule has 0 aliphatic heterocycles. The van der Waals surface area contributed by atoms with Gasteiger partial charge in [0.25, 0.3) is 11.4 Å². The topological polar surface area (TPSA) is 127 Å². The van der Waals surface area contributed by atoms with Crippen LogP contribution in [0.15, 0.2) is 54.1 Å². The second-order valence-corrected chi connectivity index (χ2v) is 4.66. The smallest absolute Gasteiger partial charge is 0.270 e. The lowest BCUT2D eigenvalue weighted by Crippen LogP contribution is -2.03. The summed E-state index contributed by atoms with van der Waals surface area (Å²) >= 11 is 0. The van der Waals surface area contributed by atoms with Gasteiger partial charge in [0.15, 0.2) is 0 Å². The van der Waals surface area contributed by atoms with E-state index in [-0.39, 0.29) is 22.5 Å². The quantitative estimate of drug-likeness (QED) is 0.273. The molecular formula is C16H9N3O5. The van der Waals surface area contributed by atoms with Crippen LogP contribution >= 0.6 is 0 Å². The Balaban J connectivity index is 2.41. The predicted molar refractivity (Wildman–Crippen MR) is 84.1 cm³/mol. The molecule has 0 spiro atoms. The van der Waals surface area contributed by atoms with Crippen LogP contribution in [0, 0.1) is 31.6 Å². The number of benzene rings is 2. The number of allylic oxidation sites excluding steroid dienone is 1. The van der Waals surface area contributed by atoms with Crippen molar-refractivity contribution in [3.8, 4) is 6.07 Å². The zero-order chi connectivity index (χ0) is 17.7. The fraction of sp³-hybridized carbons (Fsp3) is 0. The molecule has 8 heteroatoms. The number of nitriles is 1. The lowest BCUT2D eigenvalue weighted by molar-refractivity contribution is -0.385. The number of rotatable bonds is 5. The van der Waals surface area contributed by atoms with E-state index in [9.17, 15) is 25.0 Å².